The Morgan fingerprint density at radius 3 is 2.72 bits per heavy atom. The topological polar surface area (TPSA) is 15.3 Å². The number of aryl methyl sites for hydroxylation is 2. The van der Waals surface area contributed by atoms with Crippen LogP contribution in [0.15, 0.2) is 18.2 Å². The smallest absolute Gasteiger partial charge is 0.0393 e. The summed E-state index contributed by atoms with van der Waals surface area (Å²) in [6, 6.07) is 8.37. The molecule has 2 nitrogen and oxygen atoms in total. The first-order valence-corrected chi connectivity index (χ1v) is 7.18. The number of benzene rings is 1. The summed E-state index contributed by atoms with van der Waals surface area (Å²) < 4.78 is 0. The van der Waals surface area contributed by atoms with Crippen molar-refractivity contribution in [2.75, 3.05) is 18.5 Å². The molecule has 2 aliphatic rings. The van der Waals surface area contributed by atoms with Crippen LogP contribution in [0.4, 0.5) is 5.69 Å². The van der Waals surface area contributed by atoms with Crippen LogP contribution < -0.4 is 10.2 Å². The van der Waals surface area contributed by atoms with E-state index in [1.54, 1.807) is 0 Å². The Balaban J connectivity index is 1.69. The number of hydrogen-bond acceptors (Lipinski definition) is 2. The molecule has 2 heterocycles. The van der Waals surface area contributed by atoms with Gasteiger partial charge in [0.05, 0.1) is 0 Å². The Labute approximate surface area is 110 Å². The highest BCUT2D eigenvalue weighted by Crippen LogP contribution is 2.34. The predicted molar refractivity (Wildman–Crippen MR) is 77.2 cm³/mol. The summed E-state index contributed by atoms with van der Waals surface area (Å²) in [6.45, 7) is 5.58. The molecule has 2 aliphatic heterocycles. The molecule has 0 radical (unpaired) electrons. The fourth-order valence-corrected chi connectivity index (χ4v) is 3.82. The summed E-state index contributed by atoms with van der Waals surface area (Å²) in [4.78, 5) is 2.45. The average molecular weight is 244 g/mol. The lowest BCUT2D eigenvalue weighted by atomic mass is 9.88. The second kappa shape index (κ2) is 4.58. The molecule has 1 N–H and O–H groups in total. The average Bonchev–Trinajstić information content (AvgIpc) is 2.90. The van der Waals surface area contributed by atoms with E-state index in [1.165, 1.54) is 42.6 Å². The molecular weight excluding hydrogens is 220 g/mol. The molecular formula is C16H24N2. The summed E-state index contributed by atoms with van der Waals surface area (Å²) >= 11 is 0. The lowest BCUT2D eigenvalue weighted by Crippen LogP contribution is -2.33. The molecule has 0 spiro atoms. The monoisotopic (exact) mass is 244 g/mol. The molecule has 98 valence electrons. The maximum absolute atomic E-state index is 3.73. The van der Waals surface area contributed by atoms with Crippen LogP contribution in [0.5, 0.6) is 0 Å². The fraction of sp³-hybridized carbons (Fsp3) is 0.625. The van der Waals surface area contributed by atoms with Crippen LogP contribution in [0, 0.1) is 19.8 Å². The van der Waals surface area contributed by atoms with Crippen molar-refractivity contribution in [3.63, 3.8) is 0 Å². The molecule has 0 aromatic heterocycles. The molecule has 3 atom stereocenters. The van der Waals surface area contributed by atoms with Gasteiger partial charge in [-0.05, 0) is 50.7 Å². The zero-order valence-corrected chi connectivity index (χ0v) is 11.7. The van der Waals surface area contributed by atoms with Gasteiger partial charge in [0.25, 0.3) is 0 Å². The Hall–Kier alpha value is -1.02. The van der Waals surface area contributed by atoms with Gasteiger partial charge in [-0.3, -0.25) is 0 Å². The van der Waals surface area contributed by atoms with Gasteiger partial charge in [0.2, 0.25) is 0 Å². The molecule has 1 aromatic rings. The third-order valence-corrected chi connectivity index (χ3v) is 4.70. The van der Waals surface area contributed by atoms with Crippen molar-refractivity contribution >= 4 is 5.69 Å². The minimum absolute atomic E-state index is 0.781. The highest BCUT2D eigenvalue weighted by atomic mass is 15.1. The maximum Gasteiger partial charge on any atom is 0.0393 e. The van der Waals surface area contributed by atoms with Gasteiger partial charge in [-0.25, -0.2) is 0 Å². The highest BCUT2D eigenvalue weighted by Gasteiger charge is 2.39. The van der Waals surface area contributed by atoms with E-state index in [1.807, 2.05) is 0 Å². The maximum atomic E-state index is 3.73. The van der Waals surface area contributed by atoms with Crippen molar-refractivity contribution in [3.05, 3.63) is 29.3 Å². The Morgan fingerprint density at radius 2 is 2.11 bits per heavy atom. The van der Waals surface area contributed by atoms with Crippen molar-refractivity contribution < 1.29 is 0 Å². The van der Waals surface area contributed by atoms with Gasteiger partial charge in [0, 0.05) is 31.4 Å². The van der Waals surface area contributed by atoms with E-state index in [9.17, 15) is 0 Å². The molecule has 3 rings (SSSR count). The van der Waals surface area contributed by atoms with Gasteiger partial charge in [-0.1, -0.05) is 17.7 Å². The third kappa shape index (κ3) is 2.14. The standard InChI is InChI=1S/C16H24N2/c1-11-4-7-16(12(2)8-11)18(3)10-13-9-14-5-6-15(13)17-14/h4,7-8,13-15,17H,5-6,9-10H2,1-3H3. The van der Waals surface area contributed by atoms with E-state index in [4.69, 9.17) is 0 Å². The highest BCUT2D eigenvalue weighted by molar-refractivity contribution is 5.53. The number of anilines is 1. The molecule has 2 saturated heterocycles. The van der Waals surface area contributed by atoms with Gasteiger partial charge in [0.15, 0.2) is 0 Å². The second-order valence-corrected chi connectivity index (χ2v) is 6.21. The Kier molecular flexibility index (Phi) is 3.06. The molecule has 2 bridgehead atoms. The summed E-state index contributed by atoms with van der Waals surface area (Å²) in [5.41, 5.74) is 4.14. The molecule has 1 aromatic carbocycles. The molecule has 2 fully saturated rings. The van der Waals surface area contributed by atoms with Crippen LogP contribution in [-0.4, -0.2) is 25.7 Å². The Bertz CT molecular complexity index is 441. The van der Waals surface area contributed by atoms with E-state index in [0.29, 0.717) is 0 Å². The largest absolute Gasteiger partial charge is 0.374 e. The number of fused-ring (bicyclic) bond motifs is 2. The Morgan fingerprint density at radius 1 is 1.28 bits per heavy atom. The predicted octanol–water partition coefficient (Wildman–Crippen LogP) is 2.88. The van der Waals surface area contributed by atoms with E-state index in [-0.39, 0.29) is 0 Å². The van der Waals surface area contributed by atoms with E-state index >= 15 is 0 Å². The summed E-state index contributed by atoms with van der Waals surface area (Å²) in [7, 11) is 2.24. The minimum Gasteiger partial charge on any atom is -0.374 e. The first-order chi connectivity index (χ1) is 8.63. The first-order valence-electron chi connectivity index (χ1n) is 7.18. The molecule has 2 heteroatoms. The minimum atomic E-state index is 0.781. The summed E-state index contributed by atoms with van der Waals surface area (Å²) in [6.07, 6.45) is 4.16. The molecule has 0 aliphatic carbocycles. The van der Waals surface area contributed by atoms with Crippen LogP contribution in [0.1, 0.15) is 30.4 Å². The van der Waals surface area contributed by atoms with Gasteiger partial charge in [0.1, 0.15) is 0 Å². The van der Waals surface area contributed by atoms with Crippen LogP contribution in [0.3, 0.4) is 0 Å². The van der Waals surface area contributed by atoms with Crippen LogP contribution in [0.2, 0.25) is 0 Å². The van der Waals surface area contributed by atoms with Crippen molar-refractivity contribution in [2.45, 2.75) is 45.2 Å². The second-order valence-electron chi connectivity index (χ2n) is 6.21. The number of hydrogen-bond donors (Lipinski definition) is 1. The van der Waals surface area contributed by atoms with E-state index in [0.717, 1.165) is 18.0 Å². The fourth-order valence-electron chi connectivity index (χ4n) is 3.82. The van der Waals surface area contributed by atoms with Crippen molar-refractivity contribution in [2.24, 2.45) is 5.92 Å². The lowest BCUT2D eigenvalue weighted by molar-refractivity contribution is 0.409. The normalized spacial score (nSPS) is 29.8. The van der Waals surface area contributed by atoms with Crippen molar-refractivity contribution in [1.82, 2.24) is 5.32 Å². The van der Waals surface area contributed by atoms with E-state index < -0.39 is 0 Å². The van der Waals surface area contributed by atoms with Crippen molar-refractivity contribution in [3.8, 4) is 0 Å². The first kappa shape index (κ1) is 12.0. The lowest BCUT2D eigenvalue weighted by Gasteiger charge is -2.28. The van der Waals surface area contributed by atoms with Crippen LogP contribution in [-0.2, 0) is 0 Å². The molecule has 0 amide bonds. The van der Waals surface area contributed by atoms with Crippen LogP contribution in [0.25, 0.3) is 0 Å². The number of nitrogens with zero attached hydrogens (tertiary/aromatic N) is 1. The summed E-state index contributed by atoms with van der Waals surface area (Å²) in [5.74, 6) is 0.842. The molecule has 3 unspecified atom stereocenters. The quantitative estimate of drug-likeness (QED) is 0.879. The van der Waals surface area contributed by atoms with Gasteiger partial charge in [-0.2, -0.15) is 0 Å². The zero-order chi connectivity index (χ0) is 12.7. The van der Waals surface area contributed by atoms with Gasteiger partial charge < -0.3 is 10.2 Å². The van der Waals surface area contributed by atoms with Crippen molar-refractivity contribution in [1.29, 1.82) is 0 Å². The SMILES string of the molecule is Cc1ccc(N(C)CC2CC3CCC2N3)c(C)c1. The molecule has 0 saturated carbocycles. The third-order valence-electron chi connectivity index (χ3n) is 4.70. The number of rotatable bonds is 3. The van der Waals surface area contributed by atoms with Gasteiger partial charge >= 0.3 is 0 Å². The molecule has 18 heavy (non-hydrogen) atoms. The van der Waals surface area contributed by atoms with Crippen LogP contribution >= 0.6 is 0 Å². The van der Waals surface area contributed by atoms with Gasteiger partial charge in [-0.15, -0.1) is 0 Å². The summed E-state index contributed by atoms with van der Waals surface area (Å²) in [5, 5.41) is 3.73. The number of nitrogens with one attached hydrogen (secondary N) is 1. The van der Waals surface area contributed by atoms with E-state index in [2.05, 4.69) is 49.3 Å². The zero-order valence-electron chi connectivity index (χ0n) is 11.7.